The quantitative estimate of drug-likeness (QED) is 0.623. The summed E-state index contributed by atoms with van der Waals surface area (Å²) in [5.41, 5.74) is -1.49. The first-order valence-electron chi connectivity index (χ1n) is 7.72. The van der Waals surface area contributed by atoms with Gasteiger partial charge in [-0.15, -0.1) is 0 Å². The molecule has 0 aromatic rings. The Bertz CT molecular complexity index is 654. The molecule has 0 bridgehead atoms. The second-order valence-corrected chi connectivity index (χ2v) is 10.4. The van der Waals surface area contributed by atoms with Crippen molar-refractivity contribution < 1.29 is 26.2 Å². The number of amides is 1. The van der Waals surface area contributed by atoms with Gasteiger partial charge in [0.05, 0.1) is 17.0 Å². The van der Waals surface area contributed by atoms with Crippen LogP contribution in [0.3, 0.4) is 0 Å². The summed E-state index contributed by atoms with van der Waals surface area (Å²) >= 11 is 0. The minimum atomic E-state index is -4.57. The monoisotopic (exact) mass is 368 g/mol. The van der Waals surface area contributed by atoms with Crippen molar-refractivity contribution in [3.8, 4) is 0 Å². The average molecular weight is 368 g/mol. The van der Waals surface area contributed by atoms with Crippen molar-refractivity contribution in [2.45, 2.75) is 43.4 Å². The van der Waals surface area contributed by atoms with Crippen molar-refractivity contribution in [2.24, 2.45) is 0 Å². The number of likely N-dealkylation sites (tertiary alicyclic amines) is 1. The lowest BCUT2D eigenvalue weighted by atomic mass is 10.0. The maximum absolute atomic E-state index is 12.1. The van der Waals surface area contributed by atoms with Gasteiger partial charge in [-0.1, -0.05) is 6.42 Å². The number of rotatable bonds is 5. The molecule has 0 aliphatic carbocycles. The number of hydrogen-bond acceptors (Lipinski definition) is 6. The number of nitrogens with one attached hydrogen (secondary N) is 1. The molecular formula is C13H24N2O6S2. The lowest BCUT2D eigenvalue weighted by Crippen LogP contribution is -2.56. The molecule has 0 aromatic carbocycles. The molecule has 2 N–H and O–H groups in total. The van der Waals surface area contributed by atoms with E-state index in [9.17, 15) is 26.2 Å². The number of nitrogens with zero attached hydrogens (tertiary/aromatic N) is 1. The lowest BCUT2D eigenvalue weighted by molar-refractivity contribution is -0.122. The van der Waals surface area contributed by atoms with Crippen LogP contribution in [0.5, 0.6) is 0 Å². The highest BCUT2D eigenvalue weighted by Crippen LogP contribution is 2.29. The van der Waals surface area contributed by atoms with Crippen LogP contribution < -0.4 is 5.32 Å². The predicted molar refractivity (Wildman–Crippen MR) is 85.4 cm³/mol. The zero-order valence-electron chi connectivity index (χ0n) is 13.2. The number of carbonyl (C=O) groups excluding carboxylic acids is 1. The maximum atomic E-state index is 12.1. The SMILES string of the molecule is CC1(NC(=O)CCN2CCCCC2)CS(=O)(=O)CC1S(=O)(=O)O. The summed E-state index contributed by atoms with van der Waals surface area (Å²) in [6.45, 7) is 3.79. The molecule has 10 heteroatoms. The Morgan fingerprint density at radius 1 is 1.30 bits per heavy atom. The van der Waals surface area contributed by atoms with E-state index < -0.39 is 48.2 Å². The molecule has 0 aromatic heterocycles. The van der Waals surface area contributed by atoms with Gasteiger partial charge < -0.3 is 10.2 Å². The van der Waals surface area contributed by atoms with Gasteiger partial charge in [-0.25, -0.2) is 8.42 Å². The molecule has 2 aliphatic heterocycles. The molecule has 8 nitrogen and oxygen atoms in total. The highest BCUT2D eigenvalue weighted by molar-refractivity contribution is 7.94. The molecule has 2 fully saturated rings. The molecule has 0 spiro atoms. The second-order valence-electron chi connectivity index (χ2n) is 6.68. The summed E-state index contributed by atoms with van der Waals surface area (Å²) in [4.78, 5) is 14.3. The molecular weight excluding hydrogens is 344 g/mol. The van der Waals surface area contributed by atoms with Crippen LogP contribution >= 0.6 is 0 Å². The number of sulfone groups is 1. The van der Waals surface area contributed by atoms with Gasteiger partial charge in [0, 0.05) is 13.0 Å². The van der Waals surface area contributed by atoms with E-state index in [1.807, 2.05) is 0 Å². The first kappa shape index (κ1) is 18.6. The molecule has 2 heterocycles. The first-order chi connectivity index (χ1) is 10.5. The molecule has 1 amide bonds. The summed E-state index contributed by atoms with van der Waals surface area (Å²) in [7, 11) is -8.20. The van der Waals surface area contributed by atoms with Gasteiger partial charge in [0.2, 0.25) is 5.91 Å². The Morgan fingerprint density at radius 2 is 1.91 bits per heavy atom. The van der Waals surface area contributed by atoms with Gasteiger partial charge >= 0.3 is 0 Å². The summed E-state index contributed by atoms with van der Waals surface area (Å²) < 4.78 is 55.7. The van der Waals surface area contributed by atoms with Crippen molar-refractivity contribution in [2.75, 3.05) is 31.1 Å². The molecule has 2 rings (SSSR count). The van der Waals surface area contributed by atoms with Crippen LogP contribution in [-0.2, 0) is 24.7 Å². The Balaban J connectivity index is 1.99. The van der Waals surface area contributed by atoms with E-state index in [2.05, 4.69) is 10.2 Å². The molecule has 0 radical (unpaired) electrons. The van der Waals surface area contributed by atoms with Crippen molar-refractivity contribution >= 4 is 25.9 Å². The van der Waals surface area contributed by atoms with Gasteiger partial charge in [-0.05, 0) is 32.9 Å². The van der Waals surface area contributed by atoms with Crippen molar-refractivity contribution in [1.29, 1.82) is 0 Å². The Hall–Kier alpha value is -0.710. The molecule has 2 atom stereocenters. The summed E-state index contributed by atoms with van der Waals surface area (Å²) in [5.74, 6) is -1.56. The van der Waals surface area contributed by atoms with Gasteiger partial charge in [-0.2, -0.15) is 8.42 Å². The average Bonchev–Trinajstić information content (AvgIpc) is 2.67. The Morgan fingerprint density at radius 3 is 2.48 bits per heavy atom. The van der Waals surface area contributed by atoms with E-state index in [1.165, 1.54) is 13.3 Å². The number of carbonyl (C=O) groups is 1. The van der Waals surface area contributed by atoms with E-state index in [1.54, 1.807) is 0 Å². The molecule has 2 unspecified atom stereocenters. The third kappa shape index (κ3) is 4.88. The fourth-order valence-corrected chi connectivity index (χ4v) is 7.73. The predicted octanol–water partition coefficient (Wildman–Crippen LogP) is -0.578. The number of piperidine rings is 1. The molecule has 2 saturated heterocycles. The third-order valence-corrected chi connectivity index (χ3v) is 8.02. The zero-order chi connectivity index (χ0) is 17.3. The van der Waals surface area contributed by atoms with Crippen LogP contribution in [0.1, 0.15) is 32.6 Å². The van der Waals surface area contributed by atoms with Crippen LogP contribution in [0, 0.1) is 0 Å². The smallest absolute Gasteiger partial charge is 0.271 e. The molecule has 23 heavy (non-hydrogen) atoms. The van der Waals surface area contributed by atoms with Crippen LogP contribution in [0.2, 0.25) is 0 Å². The second kappa shape index (κ2) is 6.66. The van der Waals surface area contributed by atoms with Gasteiger partial charge in [0.25, 0.3) is 10.1 Å². The summed E-state index contributed by atoms with van der Waals surface area (Å²) in [5, 5.41) is 0.994. The molecule has 0 saturated carbocycles. The lowest BCUT2D eigenvalue weighted by Gasteiger charge is -2.30. The van der Waals surface area contributed by atoms with Crippen LogP contribution in [-0.4, -0.2) is 74.1 Å². The van der Waals surface area contributed by atoms with E-state index in [4.69, 9.17) is 0 Å². The topological polar surface area (TPSA) is 121 Å². The Labute approximate surface area is 137 Å². The van der Waals surface area contributed by atoms with Crippen LogP contribution in [0.4, 0.5) is 0 Å². The highest BCUT2D eigenvalue weighted by atomic mass is 32.2. The Kier molecular flexibility index (Phi) is 5.39. The van der Waals surface area contributed by atoms with Gasteiger partial charge in [-0.3, -0.25) is 9.35 Å². The molecule has 2 aliphatic rings. The highest BCUT2D eigenvalue weighted by Gasteiger charge is 2.54. The maximum Gasteiger partial charge on any atom is 0.271 e. The van der Waals surface area contributed by atoms with E-state index in [0.717, 1.165) is 25.9 Å². The van der Waals surface area contributed by atoms with Gasteiger partial charge in [0.15, 0.2) is 9.84 Å². The minimum absolute atomic E-state index is 0.174. The van der Waals surface area contributed by atoms with Crippen LogP contribution in [0.25, 0.3) is 0 Å². The minimum Gasteiger partial charge on any atom is -0.348 e. The van der Waals surface area contributed by atoms with Crippen LogP contribution in [0.15, 0.2) is 0 Å². The largest absolute Gasteiger partial charge is 0.348 e. The van der Waals surface area contributed by atoms with E-state index in [0.29, 0.717) is 6.54 Å². The number of hydrogen-bond donors (Lipinski definition) is 2. The van der Waals surface area contributed by atoms with E-state index in [-0.39, 0.29) is 6.42 Å². The third-order valence-electron chi connectivity index (χ3n) is 4.52. The first-order valence-corrected chi connectivity index (χ1v) is 11.0. The van der Waals surface area contributed by atoms with Crippen molar-refractivity contribution in [1.82, 2.24) is 10.2 Å². The fraction of sp³-hybridized carbons (Fsp3) is 0.923. The fourth-order valence-electron chi connectivity index (χ4n) is 3.38. The standard InChI is InChI=1S/C13H24N2O6S2/c1-13(10-22(17,18)9-11(13)23(19,20)21)14-12(16)5-8-15-6-3-2-4-7-15/h11H,2-10H2,1H3,(H,14,16)(H,19,20,21). The van der Waals surface area contributed by atoms with Crippen molar-refractivity contribution in [3.05, 3.63) is 0 Å². The van der Waals surface area contributed by atoms with Crippen molar-refractivity contribution in [3.63, 3.8) is 0 Å². The summed E-state index contributed by atoms with van der Waals surface area (Å²) in [6.07, 6.45) is 3.56. The summed E-state index contributed by atoms with van der Waals surface area (Å²) in [6, 6.07) is 0. The molecule has 134 valence electrons. The normalized spacial score (nSPS) is 31.8. The van der Waals surface area contributed by atoms with Gasteiger partial charge in [0.1, 0.15) is 5.25 Å². The van der Waals surface area contributed by atoms with E-state index >= 15 is 0 Å². The zero-order valence-corrected chi connectivity index (χ0v) is 14.8.